The van der Waals surface area contributed by atoms with Gasteiger partial charge >= 0.3 is 0 Å². The van der Waals surface area contributed by atoms with Crippen molar-refractivity contribution in [3.05, 3.63) is 52.8 Å². The molecule has 0 saturated heterocycles. The number of imidazole rings is 1. The summed E-state index contributed by atoms with van der Waals surface area (Å²) in [6, 6.07) is 9.89. The molecule has 26 heavy (non-hydrogen) atoms. The lowest BCUT2D eigenvalue weighted by molar-refractivity contribution is 0.391. The monoisotopic (exact) mass is 370 g/mol. The number of halogens is 1. The van der Waals surface area contributed by atoms with E-state index < -0.39 is 0 Å². The van der Waals surface area contributed by atoms with E-state index in [-0.39, 0.29) is 0 Å². The van der Waals surface area contributed by atoms with Gasteiger partial charge in [-0.05, 0) is 37.3 Å². The van der Waals surface area contributed by atoms with E-state index in [0.29, 0.717) is 35.7 Å². The number of nitrogens with one attached hydrogen (secondary N) is 1. The largest absolute Gasteiger partial charge is 0.396 e. The van der Waals surface area contributed by atoms with Gasteiger partial charge in [-0.2, -0.15) is 0 Å². The van der Waals surface area contributed by atoms with Gasteiger partial charge in [0.2, 0.25) is 0 Å². The quantitative estimate of drug-likeness (QED) is 0.652. The van der Waals surface area contributed by atoms with Crippen LogP contribution in [0.4, 0.5) is 11.5 Å². The SMILES string of the molecule is Nc1cc(NCc2ccccc2Cl)nn2cc(C3CCC(N)CC3)nc12. The highest BCUT2D eigenvalue weighted by Crippen LogP contribution is 2.32. The number of nitrogen functional groups attached to an aromatic ring is 1. The van der Waals surface area contributed by atoms with Crippen molar-refractivity contribution in [2.45, 2.75) is 44.2 Å². The maximum Gasteiger partial charge on any atom is 0.177 e. The Bertz CT molecular complexity index is 914. The molecule has 0 bridgehead atoms. The topological polar surface area (TPSA) is 94.3 Å². The van der Waals surface area contributed by atoms with Crippen LogP contribution in [0.25, 0.3) is 5.65 Å². The van der Waals surface area contributed by atoms with E-state index in [4.69, 9.17) is 28.1 Å². The van der Waals surface area contributed by atoms with Crippen LogP contribution < -0.4 is 16.8 Å². The van der Waals surface area contributed by atoms with Crippen molar-refractivity contribution in [1.82, 2.24) is 14.6 Å². The summed E-state index contributed by atoms with van der Waals surface area (Å²) in [6.45, 7) is 0.583. The van der Waals surface area contributed by atoms with E-state index in [1.807, 2.05) is 36.5 Å². The fourth-order valence-corrected chi connectivity index (χ4v) is 3.75. The number of nitrogens with zero attached hydrogens (tertiary/aromatic N) is 3. The van der Waals surface area contributed by atoms with Crippen LogP contribution >= 0.6 is 11.6 Å². The van der Waals surface area contributed by atoms with Gasteiger partial charge < -0.3 is 16.8 Å². The molecule has 2 heterocycles. The molecule has 2 aromatic heterocycles. The van der Waals surface area contributed by atoms with Gasteiger partial charge in [0.1, 0.15) is 5.82 Å². The van der Waals surface area contributed by atoms with Gasteiger partial charge in [-0.1, -0.05) is 29.8 Å². The van der Waals surface area contributed by atoms with Crippen LogP contribution in [0, 0.1) is 0 Å². The third kappa shape index (κ3) is 3.48. The molecule has 4 rings (SSSR count). The second kappa shape index (κ2) is 7.13. The second-order valence-corrected chi connectivity index (χ2v) is 7.38. The van der Waals surface area contributed by atoms with E-state index >= 15 is 0 Å². The predicted octanol–water partition coefficient (Wildman–Crippen LogP) is 3.56. The third-order valence-corrected chi connectivity index (χ3v) is 5.45. The van der Waals surface area contributed by atoms with Crippen molar-refractivity contribution in [3.63, 3.8) is 0 Å². The molecule has 0 radical (unpaired) electrons. The molecule has 3 aromatic rings. The summed E-state index contributed by atoms with van der Waals surface area (Å²) in [4.78, 5) is 4.72. The first-order chi connectivity index (χ1) is 12.6. The van der Waals surface area contributed by atoms with E-state index in [2.05, 4.69) is 10.4 Å². The Balaban J connectivity index is 1.55. The number of aromatic nitrogens is 3. The molecule has 7 heteroatoms. The molecule has 0 unspecified atom stereocenters. The molecular weight excluding hydrogens is 348 g/mol. The summed E-state index contributed by atoms with van der Waals surface area (Å²) in [5.74, 6) is 1.14. The first-order valence-electron chi connectivity index (χ1n) is 8.99. The van der Waals surface area contributed by atoms with Crippen molar-refractivity contribution in [1.29, 1.82) is 0 Å². The Morgan fingerprint density at radius 2 is 1.96 bits per heavy atom. The molecule has 1 aliphatic carbocycles. The predicted molar refractivity (Wildman–Crippen MR) is 105 cm³/mol. The molecule has 6 nitrogen and oxygen atoms in total. The van der Waals surface area contributed by atoms with Gasteiger partial charge in [0.25, 0.3) is 0 Å². The zero-order valence-corrected chi connectivity index (χ0v) is 15.3. The van der Waals surface area contributed by atoms with Crippen molar-refractivity contribution in [2.75, 3.05) is 11.1 Å². The summed E-state index contributed by atoms with van der Waals surface area (Å²) in [5, 5.41) is 8.63. The van der Waals surface area contributed by atoms with Crippen LogP contribution in [0.2, 0.25) is 5.02 Å². The number of benzene rings is 1. The van der Waals surface area contributed by atoms with E-state index in [1.165, 1.54) is 0 Å². The zero-order chi connectivity index (χ0) is 18.1. The van der Waals surface area contributed by atoms with Crippen molar-refractivity contribution < 1.29 is 0 Å². The van der Waals surface area contributed by atoms with E-state index in [1.54, 1.807) is 4.52 Å². The summed E-state index contributed by atoms with van der Waals surface area (Å²) in [6.07, 6.45) is 6.23. The Kier molecular flexibility index (Phi) is 4.70. The average molecular weight is 371 g/mol. The minimum atomic E-state index is 0.326. The van der Waals surface area contributed by atoms with Crippen molar-refractivity contribution in [2.24, 2.45) is 5.73 Å². The van der Waals surface area contributed by atoms with Crippen LogP contribution in [0.1, 0.15) is 42.9 Å². The van der Waals surface area contributed by atoms with Gasteiger partial charge in [-0.15, -0.1) is 5.10 Å². The standard InChI is InChI=1S/C19H23ClN6/c20-15-4-2-1-3-13(15)10-23-18-9-16(22)19-24-17(11-26(19)25-18)12-5-7-14(21)8-6-12/h1-4,9,11-12,14H,5-8,10,21-22H2,(H,23,25). The number of fused-ring (bicyclic) bond motifs is 1. The Morgan fingerprint density at radius 1 is 1.19 bits per heavy atom. The molecule has 136 valence electrons. The fourth-order valence-electron chi connectivity index (χ4n) is 3.54. The number of nitrogens with two attached hydrogens (primary N) is 2. The van der Waals surface area contributed by atoms with Crippen LogP contribution in [0.3, 0.4) is 0 Å². The van der Waals surface area contributed by atoms with E-state index in [9.17, 15) is 0 Å². The number of hydrogen-bond acceptors (Lipinski definition) is 5. The van der Waals surface area contributed by atoms with Crippen LogP contribution in [0.5, 0.6) is 0 Å². The normalized spacial score (nSPS) is 20.4. The van der Waals surface area contributed by atoms with Gasteiger partial charge in [-0.25, -0.2) is 9.50 Å². The lowest BCUT2D eigenvalue weighted by Gasteiger charge is -2.24. The molecule has 1 aromatic carbocycles. The first-order valence-corrected chi connectivity index (χ1v) is 9.36. The van der Waals surface area contributed by atoms with Gasteiger partial charge in [0.05, 0.1) is 17.6 Å². The summed E-state index contributed by atoms with van der Waals surface area (Å²) < 4.78 is 1.77. The number of rotatable bonds is 4. The fraction of sp³-hybridized carbons (Fsp3) is 0.368. The van der Waals surface area contributed by atoms with Crippen molar-refractivity contribution in [3.8, 4) is 0 Å². The van der Waals surface area contributed by atoms with Gasteiger partial charge in [-0.3, -0.25) is 0 Å². The second-order valence-electron chi connectivity index (χ2n) is 6.98. The van der Waals surface area contributed by atoms with Crippen LogP contribution in [0.15, 0.2) is 36.5 Å². The first kappa shape index (κ1) is 17.1. The smallest absolute Gasteiger partial charge is 0.177 e. The van der Waals surface area contributed by atoms with Crippen molar-refractivity contribution >= 4 is 28.8 Å². The highest BCUT2D eigenvalue weighted by atomic mass is 35.5. The highest BCUT2D eigenvalue weighted by Gasteiger charge is 2.23. The highest BCUT2D eigenvalue weighted by molar-refractivity contribution is 6.31. The van der Waals surface area contributed by atoms with Gasteiger partial charge in [0.15, 0.2) is 5.65 Å². The molecule has 1 aliphatic rings. The summed E-state index contributed by atoms with van der Waals surface area (Å²) >= 11 is 6.21. The zero-order valence-electron chi connectivity index (χ0n) is 14.5. The maximum absolute atomic E-state index is 6.21. The minimum absolute atomic E-state index is 0.326. The molecule has 0 aliphatic heterocycles. The average Bonchev–Trinajstić information content (AvgIpc) is 3.06. The summed E-state index contributed by atoms with van der Waals surface area (Å²) in [5.41, 5.74) is 15.6. The molecule has 0 spiro atoms. The Morgan fingerprint density at radius 3 is 2.73 bits per heavy atom. The lowest BCUT2D eigenvalue weighted by atomic mass is 9.85. The molecular formula is C19H23ClN6. The van der Waals surface area contributed by atoms with Crippen LogP contribution in [-0.4, -0.2) is 20.6 Å². The molecule has 0 amide bonds. The molecule has 5 N–H and O–H groups in total. The number of anilines is 2. The number of hydrogen-bond donors (Lipinski definition) is 3. The molecule has 1 saturated carbocycles. The Labute approximate surface area is 157 Å². The van der Waals surface area contributed by atoms with Crippen LogP contribution in [-0.2, 0) is 6.54 Å². The van der Waals surface area contributed by atoms with Gasteiger partial charge in [0, 0.05) is 29.6 Å². The molecule has 0 atom stereocenters. The minimum Gasteiger partial charge on any atom is -0.396 e. The Hall–Kier alpha value is -2.31. The van der Waals surface area contributed by atoms with E-state index in [0.717, 1.165) is 42.0 Å². The third-order valence-electron chi connectivity index (χ3n) is 5.08. The lowest BCUT2D eigenvalue weighted by Crippen LogP contribution is -2.25. The summed E-state index contributed by atoms with van der Waals surface area (Å²) in [7, 11) is 0. The molecule has 1 fully saturated rings. The maximum atomic E-state index is 6.21.